The number of hydrogen-bond acceptors (Lipinski definition) is 7. The van der Waals surface area contributed by atoms with E-state index in [1.165, 1.54) is 11.8 Å². The zero-order valence-electron chi connectivity index (χ0n) is 17.6. The van der Waals surface area contributed by atoms with Crippen molar-refractivity contribution in [3.05, 3.63) is 77.3 Å². The third kappa shape index (κ3) is 3.55. The van der Waals surface area contributed by atoms with Gasteiger partial charge in [-0.2, -0.15) is 0 Å². The topological polar surface area (TPSA) is 58.0 Å². The number of amides is 1. The first-order chi connectivity index (χ1) is 15.6. The van der Waals surface area contributed by atoms with E-state index < -0.39 is 0 Å². The second-order valence-corrected chi connectivity index (χ2v) is 9.22. The SMILES string of the molecule is C=CCN1C(=O)/C(=C2/Sc3ccc(OC)cc3N2C)SC1=Nc1ccc2ncccc2c1. The molecule has 0 spiro atoms. The Morgan fingerprint density at radius 2 is 2.06 bits per heavy atom. The second-order valence-electron chi connectivity index (χ2n) is 7.21. The quantitative estimate of drug-likeness (QED) is 0.384. The number of fused-ring (bicyclic) bond motifs is 2. The maximum Gasteiger partial charge on any atom is 0.269 e. The number of ether oxygens (including phenoxy) is 1. The van der Waals surface area contributed by atoms with Crippen molar-refractivity contribution in [2.75, 3.05) is 25.6 Å². The summed E-state index contributed by atoms with van der Waals surface area (Å²) in [6.45, 7) is 4.21. The first-order valence-electron chi connectivity index (χ1n) is 9.97. The normalized spacial score (nSPS) is 19.2. The van der Waals surface area contributed by atoms with E-state index in [0.717, 1.165) is 38.0 Å². The molecular weight excluding hydrogens is 440 g/mol. The van der Waals surface area contributed by atoms with Crippen LogP contribution in [0.2, 0.25) is 0 Å². The van der Waals surface area contributed by atoms with Crippen LogP contribution in [0.1, 0.15) is 0 Å². The van der Waals surface area contributed by atoms with Gasteiger partial charge in [-0.1, -0.05) is 23.9 Å². The summed E-state index contributed by atoms with van der Waals surface area (Å²) in [5, 5.41) is 2.54. The number of carbonyl (C=O) groups is 1. The molecule has 0 N–H and O–H groups in total. The fourth-order valence-corrected chi connectivity index (χ4v) is 5.94. The fraction of sp³-hybridized carbons (Fsp3) is 0.125. The number of carbonyl (C=O) groups excluding carboxylic acids is 1. The predicted octanol–water partition coefficient (Wildman–Crippen LogP) is 5.40. The summed E-state index contributed by atoms with van der Waals surface area (Å²) in [5.74, 6) is 0.722. The molecule has 0 atom stereocenters. The summed E-state index contributed by atoms with van der Waals surface area (Å²) in [4.78, 5) is 28.0. The zero-order chi connectivity index (χ0) is 22.2. The summed E-state index contributed by atoms with van der Waals surface area (Å²) in [7, 11) is 3.62. The first-order valence-corrected chi connectivity index (χ1v) is 11.6. The maximum absolute atomic E-state index is 13.4. The molecule has 2 aromatic carbocycles. The number of anilines is 1. The molecule has 3 aromatic rings. The highest BCUT2D eigenvalue weighted by Gasteiger charge is 2.38. The number of rotatable bonds is 4. The predicted molar refractivity (Wildman–Crippen MR) is 133 cm³/mol. The Morgan fingerprint density at radius 1 is 1.19 bits per heavy atom. The van der Waals surface area contributed by atoms with Crippen molar-refractivity contribution in [3.63, 3.8) is 0 Å². The van der Waals surface area contributed by atoms with E-state index in [2.05, 4.69) is 11.6 Å². The van der Waals surface area contributed by atoms with Crippen LogP contribution in [0.15, 0.2) is 87.2 Å². The van der Waals surface area contributed by atoms with Crippen LogP contribution in [0.5, 0.6) is 5.75 Å². The number of hydrogen-bond donors (Lipinski definition) is 0. The van der Waals surface area contributed by atoms with Gasteiger partial charge < -0.3 is 9.64 Å². The molecule has 32 heavy (non-hydrogen) atoms. The second kappa shape index (κ2) is 8.37. The highest BCUT2D eigenvalue weighted by Crippen LogP contribution is 2.51. The fourth-order valence-electron chi connectivity index (χ4n) is 3.60. The van der Waals surface area contributed by atoms with E-state index in [-0.39, 0.29) is 5.91 Å². The van der Waals surface area contributed by atoms with Crippen molar-refractivity contribution in [1.82, 2.24) is 9.88 Å². The molecule has 0 saturated carbocycles. The number of aliphatic imine (C=N–C) groups is 1. The Labute approximate surface area is 194 Å². The number of pyridine rings is 1. The van der Waals surface area contributed by atoms with Crippen LogP contribution in [0.4, 0.5) is 11.4 Å². The number of nitrogens with zero attached hydrogens (tertiary/aromatic N) is 4. The molecule has 6 nitrogen and oxygen atoms in total. The van der Waals surface area contributed by atoms with Gasteiger partial charge in [-0.25, -0.2) is 4.99 Å². The Hall–Kier alpha value is -3.23. The average molecular weight is 461 g/mol. The van der Waals surface area contributed by atoms with E-state index in [4.69, 9.17) is 9.73 Å². The lowest BCUT2D eigenvalue weighted by molar-refractivity contribution is -0.121. The number of thioether (sulfide) groups is 2. The zero-order valence-corrected chi connectivity index (χ0v) is 19.2. The van der Waals surface area contributed by atoms with Crippen LogP contribution >= 0.6 is 23.5 Å². The van der Waals surface area contributed by atoms with Gasteiger partial charge in [0.15, 0.2) is 5.17 Å². The lowest BCUT2D eigenvalue weighted by Crippen LogP contribution is -2.29. The standard InChI is InChI=1S/C24H20N4O2S2/c1-4-12-28-22(29)21(23-27(2)19-14-17(30-3)8-10-20(19)31-23)32-24(28)26-16-7-9-18-15(13-16)6-5-11-25-18/h4-11,13-14H,1,12H2,2-3H3/b23-21-,26-24?. The van der Waals surface area contributed by atoms with Gasteiger partial charge in [0.1, 0.15) is 10.7 Å². The molecule has 8 heteroatoms. The largest absolute Gasteiger partial charge is 0.497 e. The van der Waals surface area contributed by atoms with Gasteiger partial charge in [0.25, 0.3) is 5.91 Å². The number of amidine groups is 1. The molecular formula is C24H20N4O2S2. The molecule has 0 aliphatic carbocycles. The third-order valence-electron chi connectivity index (χ3n) is 5.22. The lowest BCUT2D eigenvalue weighted by atomic mass is 10.2. The van der Waals surface area contributed by atoms with E-state index in [1.807, 2.05) is 60.5 Å². The molecule has 1 amide bonds. The Balaban J connectivity index is 1.53. The Bertz CT molecular complexity index is 1320. The molecule has 1 saturated heterocycles. The van der Waals surface area contributed by atoms with Crippen molar-refractivity contribution >= 4 is 56.9 Å². The van der Waals surface area contributed by atoms with Crippen LogP contribution in [0.3, 0.4) is 0 Å². The summed E-state index contributed by atoms with van der Waals surface area (Å²) in [6.07, 6.45) is 3.49. The summed E-state index contributed by atoms with van der Waals surface area (Å²) < 4.78 is 5.37. The summed E-state index contributed by atoms with van der Waals surface area (Å²) in [5.41, 5.74) is 2.71. The van der Waals surface area contributed by atoms with Gasteiger partial charge >= 0.3 is 0 Å². The van der Waals surface area contributed by atoms with E-state index in [1.54, 1.807) is 36.0 Å². The number of benzene rings is 2. The molecule has 160 valence electrons. The molecule has 0 radical (unpaired) electrons. The van der Waals surface area contributed by atoms with Crippen molar-refractivity contribution in [3.8, 4) is 5.75 Å². The van der Waals surface area contributed by atoms with Gasteiger partial charge in [0, 0.05) is 36.1 Å². The average Bonchev–Trinajstić information content (AvgIpc) is 3.30. The molecule has 0 unspecified atom stereocenters. The van der Waals surface area contributed by atoms with E-state index in [9.17, 15) is 4.79 Å². The molecule has 2 aliphatic rings. The molecule has 3 heterocycles. The van der Waals surface area contributed by atoms with Gasteiger partial charge in [-0.15, -0.1) is 6.58 Å². The van der Waals surface area contributed by atoms with E-state index >= 15 is 0 Å². The maximum atomic E-state index is 13.4. The minimum Gasteiger partial charge on any atom is -0.497 e. The van der Waals surface area contributed by atoms with Crippen molar-refractivity contribution < 1.29 is 9.53 Å². The van der Waals surface area contributed by atoms with Crippen LogP contribution in [0, 0.1) is 0 Å². The molecule has 1 aromatic heterocycles. The monoisotopic (exact) mass is 460 g/mol. The molecule has 5 rings (SSSR count). The van der Waals surface area contributed by atoms with E-state index in [0.29, 0.717) is 16.6 Å². The highest BCUT2D eigenvalue weighted by atomic mass is 32.2. The minimum atomic E-state index is -0.0646. The van der Waals surface area contributed by atoms with Crippen LogP contribution < -0.4 is 9.64 Å². The highest BCUT2D eigenvalue weighted by molar-refractivity contribution is 8.19. The van der Waals surface area contributed by atoms with Crippen molar-refractivity contribution in [2.45, 2.75) is 4.90 Å². The number of methoxy groups -OCH3 is 1. The molecule has 2 aliphatic heterocycles. The minimum absolute atomic E-state index is 0.0646. The third-order valence-corrected chi connectivity index (χ3v) is 7.65. The van der Waals surface area contributed by atoms with Gasteiger partial charge in [-0.05, 0) is 48.2 Å². The summed E-state index contributed by atoms with van der Waals surface area (Å²) in [6, 6.07) is 15.7. The van der Waals surface area contributed by atoms with Crippen LogP contribution in [-0.2, 0) is 4.79 Å². The van der Waals surface area contributed by atoms with Gasteiger partial charge in [0.05, 0.1) is 29.0 Å². The van der Waals surface area contributed by atoms with Crippen LogP contribution in [-0.4, -0.2) is 41.7 Å². The van der Waals surface area contributed by atoms with Crippen molar-refractivity contribution in [2.24, 2.45) is 4.99 Å². The van der Waals surface area contributed by atoms with Gasteiger partial charge in [-0.3, -0.25) is 14.7 Å². The Morgan fingerprint density at radius 3 is 2.88 bits per heavy atom. The summed E-state index contributed by atoms with van der Waals surface area (Å²) >= 11 is 2.98. The lowest BCUT2D eigenvalue weighted by Gasteiger charge is -2.15. The van der Waals surface area contributed by atoms with Crippen molar-refractivity contribution in [1.29, 1.82) is 0 Å². The van der Waals surface area contributed by atoms with Gasteiger partial charge in [0.2, 0.25) is 0 Å². The molecule has 0 bridgehead atoms. The van der Waals surface area contributed by atoms with Crippen LogP contribution in [0.25, 0.3) is 10.9 Å². The smallest absolute Gasteiger partial charge is 0.269 e. The first kappa shape index (κ1) is 20.7. The molecule has 1 fully saturated rings. The Kier molecular flexibility index (Phi) is 5.40. The number of aromatic nitrogens is 1.